The van der Waals surface area contributed by atoms with Crippen LogP contribution in [0, 0.1) is 18.3 Å². The van der Waals surface area contributed by atoms with Crippen molar-refractivity contribution in [2.45, 2.75) is 38.1 Å². The van der Waals surface area contributed by atoms with Crippen LogP contribution >= 0.6 is 12.2 Å². The summed E-state index contributed by atoms with van der Waals surface area (Å²) in [5, 5.41) is 12.3. The van der Waals surface area contributed by atoms with Crippen LogP contribution in [-0.2, 0) is 16.0 Å². The molecule has 0 unspecified atom stereocenters. The number of rotatable bonds is 4. The van der Waals surface area contributed by atoms with Gasteiger partial charge in [0, 0.05) is 12.7 Å². The minimum Gasteiger partial charge on any atom is -0.359 e. The normalized spacial score (nSPS) is 17.1. The first-order valence-electron chi connectivity index (χ1n) is 9.90. The predicted molar refractivity (Wildman–Crippen MR) is 119 cm³/mol. The summed E-state index contributed by atoms with van der Waals surface area (Å²) in [5.41, 5.74) is 3.18. The Morgan fingerprint density at radius 1 is 1.20 bits per heavy atom. The molecule has 2 aliphatic rings. The second kappa shape index (κ2) is 7.54. The SMILES string of the molecule is CNC(=O)Cc1ccc(N2C(=S)N(c3ccc(C#N)c(C)c3)C(=O)C23CCC3)cc1. The molecule has 1 aliphatic heterocycles. The van der Waals surface area contributed by atoms with Crippen LogP contribution in [-0.4, -0.2) is 29.5 Å². The highest BCUT2D eigenvalue weighted by Gasteiger charge is 2.59. The summed E-state index contributed by atoms with van der Waals surface area (Å²) in [6.45, 7) is 1.85. The fourth-order valence-corrected chi connectivity index (χ4v) is 4.63. The van der Waals surface area contributed by atoms with Gasteiger partial charge < -0.3 is 10.2 Å². The van der Waals surface area contributed by atoms with Crippen LogP contribution in [0.15, 0.2) is 42.5 Å². The molecule has 2 aromatic carbocycles. The number of thiocarbonyl (C=S) groups is 1. The molecule has 2 fully saturated rings. The molecule has 1 saturated carbocycles. The molecule has 7 heteroatoms. The number of nitriles is 1. The Bertz CT molecular complexity index is 1080. The van der Waals surface area contributed by atoms with Crippen molar-refractivity contribution >= 4 is 40.5 Å². The maximum Gasteiger partial charge on any atom is 0.259 e. The first-order chi connectivity index (χ1) is 14.4. The molecule has 1 spiro atoms. The summed E-state index contributed by atoms with van der Waals surface area (Å²) in [6, 6.07) is 15.1. The number of anilines is 2. The van der Waals surface area contributed by atoms with Gasteiger partial charge in [-0.3, -0.25) is 14.5 Å². The second-order valence-electron chi connectivity index (χ2n) is 7.77. The van der Waals surface area contributed by atoms with Gasteiger partial charge in [0.2, 0.25) is 5.91 Å². The lowest BCUT2D eigenvalue weighted by Crippen LogP contribution is -2.55. The summed E-state index contributed by atoms with van der Waals surface area (Å²) in [4.78, 5) is 28.7. The summed E-state index contributed by atoms with van der Waals surface area (Å²) in [7, 11) is 1.62. The Hall–Kier alpha value is -3.24. The number of carbonyl (C=O) groups excluding carboxylic acids is 2. The zero-order chi connectivity index (χ0) is 21.5. The maximum absolute atomic E-state index is 13.5. The van der Waals surface area contributed by atoms with E-state index in [0.717, 1.165) is 36.1 Å². The van der Waals surface area contributed by atoms with E-state index >= 15 is 0 Å². The standard InChI is InChI=1S/C23H22N4O2S/c1-15-12-19(9-6-17(15)14-24)26-21(29)23(10-3-11-23)27(22(26)30)18-7-4-16(5-8-18)13-20(28)25-2/h4-9,12H,3,10-11,13H2,1-2H3,(H,25,28). The van der Waals surface area contributed by atoms with Crippen molar-refractivity contribution in [1.29, 1.82) is 5.26 Å². The van der Waals surface area contributed by atoms with Crippen LogP contribution in [0.4, 0.5) is 11.4 Å². The highest BCUT2D eigenvalue weighted by atomic mass is 32.1. The van der Waals surface area contributed by atoms with Gasteiger partial charge in [-0.15, -0.1) is 0 Å². The first-order valence-corrected chi connectivity index (χ1v) is 10.3. The van der Waals surface area contributed by atoms with E-state index < -0.39 is 5.54 Å². The third-order valence-corrected chi connectivity index (χ3v) is 6.38. The number of likely N-dealkylation sites (N-methyl/N-ethyl adjacent to an activating group) is 1. The molecule has 30 heavy (non-hydrogen) atoms. The smallest absolute Gasteiger partial charge is 0.259 e. The van der Waals surface area contributed by atoms with Crippen LogP contribution in [0.1, 0.15) is 36.0 Å². The number of nitrogens with zero attached hydrogens (tertiary/aromatic N) is 3. The molecule has 1 N–H and O–H groups in total. The van der Waals surface area contributed by atoms with Crippen molar-refractivity contribution in [3.63, 3.8) is 0 Å². The molecule has 1 saturated heterocycles. The van der Waals surface area contributed by atoms with E-state index in [1.54, 1.807) is 24.1 Å². The molecule has 2 amide bonds. The number of hydrogen-bond acceptors (Lipinski definition) is 4. The molecule has 0 radical (unpaired) electrons. The van der Waals surface area contributed by atoms with Gasteiger partial charge in [0.1, 0.15) is 5.54 Å². The number of aryl methyl sites for hydroxylation is 1. The summed E-state index contributed by atoms with van der Waals surface area (Å²) in [6.07, 6.45) is 2.78. The molecule has 0 aromatic heterocycles. The molecule has 2 aromatic rings. The van der Waals surface area contributed by atoms with Crippen molar-refractivity contribution < 1.29 is 9.59 Å². The Labute approximate surface area is 181 Å². The average Bonchev–Trinajstić information content (AvgIpc) is 2.95. The number of benzene rings is 2. The largest absolute Gasteiger partial charge is 0.359 e. The Morgan fingerprint density at radius 3 is 2.40 bits per heavy atom. The van der Waals surface area contributed by atoms with Gasteiger partial charge in [-0.1, -0.05) is 12.1 Å². The summed E-state index contributed by atoms with van der Waals surface area (Å²) < 4.78 is 0. The lowest BCUT2D eigenvalue weighted by molar-refractivity contribution is -0.124. The van der Waals surface area contributed by atoms with Crippen LogP contribution in [0.3, 0.4) is 0 Å². The molecule has 0 atom stereocenters. The van der Waals surface area contributed by atoms with Gasteiger partial charge in [-0.2, -0.15) is 5.26 Å². The predicted octanol–water partition coefficient (Wildman–Crippen LogP) is 3.22. The van der Waals surface area contributed by atoms with Crippen molar-refractivity contribution in [1.82, 2.24) is 5.32 Å². The molecule has 1 aliphatic carbocycles. The Kier molecular flexibility index (Phi) is 5.04. The maximum atomic E-state index is 13.5. The van der Waals surface area contributed by atoms with Crippen molar-refractivity contribution in [3.8, 4) is 6.07 Å². The number of carbonyl (C=O) groups is 2. The minimum atomic E-state index is -0.652. The fourth-order valence-electron chi connectivity index (χ4n) is 4.16. The monoisotopic (exact) mass is 418 g/mol. The second-order valence-corrected chi connectivity index (χ2v) is 8.14. The van der Waals surface area contributed by atoms with E-state index in [1.165, 1.54) is 0 Å². The molecular weight excluding hydrogens is 396 g/mol. The van der Waals surface area contributed by atoms with Gasteiger partial charge >= 0.3 is 0 Å². The highest BCUT2D eigenvalue weighted by Crippen LogP contribution is 2.47. The van der Waals surface area contributed by atoms with Gasteiger partial charge in [0.25, 0.3) is 5.91 Å². The van der Waals surface area contributed by atoms with Crippen LogP contribution in [0.25, 0.3) is 0 Å². The molecule has 4 rings (SSSR count). The van der Waals surface area contributed by atoms with Crippen molar-refractivity contribution in [2.75, 3.05) is 16.8 Å². The van der Waals surface area contributed by atoms with Gasteiger partial charge in [0.05, 0.1) is 23.7 Å². The molecule has 1 heterocycles. The van der Waals surface area contributed by atoms with E-state index in [4.69, 9.17) is 12.2 Å². The van der Waals surface area contributed by atoms with E-state index in [2.05, 4.69) is 11.4 Å². The van der Waals surface area contributed by atoms with Gasteiger partial charge in [-0.25, -0.2) is 0 Å². The Morgan fingerprint density at radius 2 is 1.87 bits per heavy atom. The van der Waals surface area contributed by atoms with E-state index in [9.17, 15) is 14.9 Å². The molecular formula is C23H22N4O2S. The summed E-state index contributed by atoms with van der Waals surface area (Å²) in [5.74, 6) is -0.0651. The third kappa shape index (κ3) is 3.04. The topological polar surface area (TPSA) is 76.4 Å². The average molecular weight is 419 g/mol. The van der Waals surface area contributed by atoms with Crippen LogP contribution in [0.5, 0.6) is 0 Å². The zero-order valence-electron chi connectivity index (χ0n) is 16.9. The third-order valence-electron chi connectivity index (χ3n) is 6.02. The molecule has 152 valence electrons. The lowest BCUT2D eigenvalue weighted by Gasteiger charge is -2.43. The van der Waals surface area contributed by atoms with E-state index in [1.807, 2.05) is 42.2 Å². The molecule has 6 nitrogen and oxygen atoms in total. The van der Waals surface area contributed by atoms with Crippen LogP contribution in [0.2, 0.25) is 0 Å². The van der Waals surface area contributed by atoms with Crippen LogP contribution < -0.4 is 15.1 Å². The quantitative estimate of drug-likeness (QED) is 0.772. The summed E-state index contributed by atoms with van der Waals surface area (Å²) >= 11 is 5.78. The lowest BCUT2D eigenvalue weighted by atomic mass is 9.75. The van der Waals surface area contributed by atoms with E-state index in [-0.39, 0.29) is 11.8 Å². The highest BCUT2D eigenvalue weighted by molar-refractivity contribution is 7.81. The van der Waals surface area contributed by atoms with Crippen molar-refractivity contribution in [2.24, 2.45) is 0 Å². The number of amides is 2. The van der Waals surface area contributed by atoms with Gasteiger partial charge in [-0.05, 0) is 79.9 Å². The fraction of sp³-hybridized carbons (Fsp3) is 0.304. The zero-order valence-corrected chi connectivity index (χ0v) is 17.8. The first kappa shape index (κ1) is 20.0. The van der Waals surface area contributed by atoms with E-state index in [0.29, 0.717) is 22.8 Å². The number of nitrogens with one attached hydrogen (secondary N) is 1. The minimum absolute atomic E-state index is 0.0164. The van der Waals surface area contributed by atoms with Gasteiger partial charge in [0.15, 0.2) is 5.11 Å². The number of hydrogen-bond donors (Lipinski definition) is 1. The van der Waals surface area contributed by atoms with Crippen molar-refractivity contribution in [3.05, 3.63) is 59.2 Å². The Balaban J connectivity index is 1.69. The molecule has 0 bridgehead atoms.